The van der Waals surface area contributed by atoms with Crippen molar-refractivity contribution in [1.82, 2.24) is 10.2 Å². The number of nitrogens with zero attached hydrogens (tertiary/aromatic N) is 2. The first-order chi connectivity index (χ1) is 20.1. The summed E-state index contributed by atoms with van der Waals surface area (Å²) in [5, 5.41) is 3.80. The van der Waals surface area contributed by atoms with Crippen LogP contribution in [0.5, 0.6) is 5.75 Å². The molecule has 0 fully saturated rings. The second kappa shape index (κ2) is 14.2. The van der Waals surface area contributed by atoms with Crippen molar-refractivity contribution >= 4 is 62.3 Å². The summed E-state index contributed by atoms with van der Waals surface area (Å²) in [6.07, 6.45) is 0.264. The van der Waals surface area contributed by atoms with Gasteiger partial charge in [0.2, 0.25) is 11.8 Å². The number of nitrogens with one attached hydrogen (secondary N) is 1. The number of benzene rings is 3. The molecule has 1 N–H and O–H groups in total. The van der Waals surface area contributed by atoms with Gasteiger partial charge in [-0.3, -0.25) is 13.9 Å². The Morgan fingerprint density at radius 3 is 2.16 bits per heavy atom. The predicted octanol–water partition coefficient (Wildman–Crippen LogP) is 6.88. The van der Waals surface area contributed by atoms with E-state index in [9.17, 15) is 18.0 Å². The maximum absolute atomic E-state index is 14.3. The van der Waals surface area contributed by atoms with Crippen LogP contribution >= 0.6 is 34.8 Å². The van der Waals surface area contributed by atoms with E-state index in [1.165, 1.54) is 36.3 Å². The standard InChI is InChI=1S/C31H36Cl3N3O5S/c1-7-26(30(39)35-31(3,4)5)36(18-21-10-14-24(33)25(34)16-21)29(38)19-37(27-17-22(32)11-15-28(27)42-6)43(40,41)23-12-8-20(2)9-13-23/h8-17,26H,7,18-19H2,1-6H3,(H,35,39)/t26-/m1/s1. The number of anilines is 1. The largest absolute Gasteiger partial charge is 0.495 e. The summed E-state index contributed by atoms with van der Waals surface area (Å²) in [6.45, 7) is 8.46. The molecule has 3 aromatic carbocycles. The van der Waals surface area contributed by atoms with Gasteiger partial charge in [-0.1, -0.05) is 65.5 Å². The molecular weight excluding hydrogens is 633 g/mol. The van der Waals surface area contributed by atoms with Crippen molar-refractivity contribution in [2.24, 2.45) is 0 Å². The molecule has 0 heterocycles. The molecule has 0 saturated carbocycles. The highest BCUT2D eigenvalue weighted by molar-refractivity contribution is 7.92. The van der Waals surface area contributed by atoms with Gasteiger partial charge < -0.3 is 15.0 Å². The topological polar surface area (TPSA) is 96.0 Å². The van der Waals surface area contributed by atoms with E-state index in [2.05, 4.69) is 5.32 Å². The average Bonchev–Trinajstić information content (AvgIpc) is 2.92. The number of halogens is 3. The monoisotopic (exact) mass is 667 g/mol. The summed E-state index contributed by atoms with van der Waals surface area (Å²) >= 11 is 18.7. The van der Waals surface area contributed by atoms with Gasteiger partial charge in [0, 0.05) is 17.1 Å². The van der Waals surface area contributed by atoms with Crippen molar-refractivity contribution in [3.8, 4) is 5.75 Å². The van der Waals surface area contributed by atoms with Crippen LogP contribution in [0.25, 0.3) is 0 Å². The Hall–Kier alpha value is -2.98. The SMILES string of the molecule is CC[C@H](C(=O)NC(C)(C)C)N(Cc1ccc(Cl)c(Cl)c1)C(=O)CN(c1cc(Cl)ccc1OC)S(=O)(=O)c1ccc(C)cc1. The zero-order valence-corrected chi connectivity index (χ0v) is 28.0. The maximum Gasteiger partial charge on any atom is 0.264 e. The molecular formula is C31H36Cl3N3O5S. The predicted molar refractivity (Wildman–Crippen MR) is 173 cm³/mol. The molecule has 0 bridgehead atoms. The van der Waals surface area contributed by atoms with E-state index in [1.54, 1.807) is 43.3 Å². The number of sulfonamides is 1. The van der Waals surface area contributed by atoms with E-state index in [0.717, 1.165) is 9.87 Å². The van der Waals surface area contributed by atoms with Gasteiger partial charge in [-0.15, -0.1) is 0 Å². The molecule has 0 aliphatic heterocycles. The Morgan fingerprint density at radius 1 is 0.953 bits per heavy atom. The van der Waals surface area contributed by atoms with Crippen molar-refractivity contribution in [2.75, 3.05) is 18.0 Å². The second-order valence-corrected chi connectivity index (χ2v) is 14.2. The normalized spacial score (nSPS) is 12.4. The van der Waals surface area contributed by atoms with Crippen molar-refractivity contribution in [3.63, 3.8) is 0 Å². The third-order valence-electron chi connectivity index (χ3n) is 6.52. The van der Waals surface area contributed by atoms with Gasteiger partial charge in [-0.2, -0.15) is 0 Å². The van der Waals surface area contributed by atoms with Gasteiger partial charge in [0.05, 0.1) is 27.7 Å². The number of aryl methyl sites for hydroxylation is 1. The number of rotatable bonds is 11. The van der Waals surface area contributed by atoms with Crippen molar-refractivity contribution in [1.29, 1.82) is 0 Å². The first-order valence-corrected chi connectivity index (χ1v) is 16.1. The molecule has 0 radical (unpaired) electrons. The van der Waals surface area contributed by atoms with Gasteiger partial charge >= 0.3 is 0 Å². The maximum atomic E-state index is 14.3. The molecule has 0 aliphatic carbocycles. The molecule has 0 spiro atoms. The lowest BCUT2D eigenvalue weighted by molar-refractivity contribution is -0.141. The lowest BCUT2D eigenvalue weighted by Crippen LogP contribution is -2.55. The number of ether oxygens (including phenoxy) is 1. The van der Waals surface area contributed by atoms with Crippen LogP contribution in [-0.2, 0) is 26.2 Å². The lowest BCUT2D eigenvalue weighted by atomic mass is 10.1. The van der Waals surface area contributed by atoms with Crippen LogP contribution in [0.4, 0.5) is 5.69 Å². The molecule has 12 heteroatoms. The second-order valence-electron chi connectivity index (χ2n) is 11.1. The highest BCUT2D eigenvalue weighted by Crippen LogP contribution is 2.35. The fourth-order valence-electron chi connectivity index (χ4n) is 4.42. The van der Waals surface area contributed by atoms with Crippen LogP contribution in [-0.4, -0.2) is 50.4 Å². The van der Waals surface area contributed by atoms with E-state index in [1.807, 2.05) is 27.7 Å². The van der Waals surface area contributed by atoms with Crippen LogP contribution < -0.4 is 14.4 Å². The highest BCUT2D eigenvalue weighted by atomic mass is 35.5. The van der Waals surface area contributed by atoms with E-state index in [0.29, 0.717) is 10.6 Å². The number of carbonyl (C=O) groups is 2. The van der Waals surface area contributed by atoms with E-state index < -0.39 is 34.1 Å². The van der Waals surface area contributed by atoms with Crippen molar-refractivity contribution < 1.29 is 22.7 Å². The molecule has 2 amide bonds. The quantitative estimate of drug-likeness (QED) is 0.240. The number of amides is 2. The fourth-order valence-corrected chi connectivity index (χ4v) is 6.32. The lowest BCUT2D eigenvalue weighted by Gasteiger charge is -2.35. The molecule has 0 saturated heterocycles. The molecule has 43 heavy (non-hydrogen) atoms. The number of hydrogen-bond acceptors (Lipinski definition) is 5. The Balaban J connectivity index is 2.16. The minimum Gasteiger partial charge on any atom is -0.495 e. The Kier molecular flexibility index (Phi) is 11.4. The third kappa shape index (κ3) is 8.79. The minimum atomic E-state index is -4.31. The van der Waals surface area contributed by atoms with Gasteiger partial charge in [0.25, 0.3) is 10.0 Å². The van der Waals surface area contributed by atoms with Gasteiger partial charge in [-0.25, -0.2) is 8.42 Å². The third-order valence-corrected chi connectivity index (χ3v) is 9.27. The highest BCUT2D eigenvalue weighted by Gasteiger charge is 2.35. The summed E-state index contributed by atoms with van der Waals surface area (Å²) in [5.41, 5.74) is 0.978. The van der Waals surface area contributed by atoms with Crippen LogP contribution in [0, 0.1) is 6.92 Å². The summed E-state index contributed by atoms with van der Waals surface area (Å²) in [7, 11) is -2.91. The van der Waals surface area contributed by atoms with Gasteiger partial charge in [0.1, 0.15) is 18.3 Å². The molecule has 0 unspecified atom stereocenters. The number of carbonyl (C=O) groups excluding carboxylic acids is 2. The van der Waals surface area contributed by atoms with Crippen molar-refractivity contribution in [2.45, 2.75) is 64.1 Å². The minimum absolute atomic E-state index is 0.0264. The molecule has 8 nitrogen and oxygen atoms in total. The molecule has 0 aromatic heterocycles. The fraction of sp³-hybridized carbons (Fsp3) is 0.355. The van der Waals surface area contributed by atoms with E-state index >= 15 is 0 Å². The average molecular weight is 669 g/mol. The molecule has 3 rings (SSSR count). The van der Waals surface area contributed by atoms with Crippen LogP contribution in [0.15, 0.2) is 65.6 Å². The van der Waals surface area contributed by atoms with Crippen LogP contribution in [0.3, 0.4) is 0 Å². The Morgan fingerprint density at radius 2 is 1.60 bits per heavy atom. The molecule has 0 aliphatic rings. The zero-order chi connectivity index (χ0) is 32.1. The first-order valence-electron chi connectivity index (χ1n) is 13.6. The Labute approximate surface area is 268 Å². The molecule has 3 aromatic rings. The first kappa shape index (κ1) is 34.5. The van der Waals surface area contributed by atoms with Crippen LogP contribution in [0.2, 0.25) is 15.1 Å². The summed E-state index contributed by atoms with van der Waals surface area (Å²) < 4.78 is 34.7. The molecule has 232 valence electrons. The van der Waals surface area contributed by atoms with E-state index in [-0.39, 0.29) is 45.3 Å². The smallest absolute Gasteiger partial charge is 0.264 e. The zero-order valence-electron chi connectivity index (χ0n) is 24.9. The van der Waals surface area contributed by atoms with Gasteiger partial charge in [0.15, 0.2) is 0 Å². The van der Waals surface area contributed by atoms with Crippen LogP contribution in [0.1, 0.15) is 45.2 Å². The summed E-state index contributed by atoms with van der Waals surface area (Å²) in [4.78, 5) is 29.1. The number of methoxy groups -OCH3 is 1. The summed E-state index contributed by atoms with van der Waals surface area (Å²) in [6, 6.07) is 14.8. The van der Waals surface area contributed by atoms with Crippen molar-refractivity contribution in [3.05, 3.63) is 86.9 Å². The van der Waals surface area contributed by atoms with Gasteiger partial charge in [-0.05, 0) is 82.1 Å². The number of hydrogen-bond donors (Lipinski definition) is 1. The molecule has 1 atom stereocenters. The Bertz CT molecular complexity index is 1570. The van der Waals surface area contributed by atoms with E-state index in [4.69, 9.17) is 39.5 Å². The summed E-state index contributed by atoms with van der Waals surface area (Å²) in [5.74, 6) is -0.808.